The first kappa shape index (κ1) is 14.0. The molecular weight excluding hydrogens is 256 g/mol. The van der Waals surface area contributed by atoms with Crippen molar-refractivity contribution in [1.29, 1.82) is 0 Å². The molecular formula is C15H20N2OS. The normalized spacial score (nSPS) is 18.4. The standard InChI is InChI=1S/C15H20N2OS/c1-9(2)13(14(16)19)15(18)17-8-11-7-10-5-3-4-6-12(10)11/h3-6,9,11,13H,7-8H2,1-2H3,(H2,16,19)(H,17,18). The summed E-state index contributed by atoms with van der Waals surface area (Å²) in [6.07, 6.45) is 1.04. The molecule has 0 saturated carbocycles. The Morgan fingerprint density at radius 3 is 2.74 bits per heavy atom. The van der Waals surface area contributed by atoms with Gasteiger partial charge < -0.3 is 11.1 Å². The molecule has 3 nitrogen and oxygen atoms in total. The number of hydrogen-bond acceptors (Lipinski definition) is 2. The number of hydrogen-bond donors (Lipinski definition) is 2. The van der Waals surface area contributed by atoms with E-state index < -0.39 is 0 Å². The monoisotopic (exact) mass is 276 g/mol. The van der Waals surface area contributed by atoms with Crippen LogP contribution in [0.3, 0.4) is 0 Å². The third kappa shape index (κ3) is 2.95. The van der Waals surface area contributed by atoms with Crippen LogP contribution in [0.25, 0.3) is 0 Å². The van der Waals surface area contributed by atoms with Crippen LogP contribution >= 0.6 is 12.2 Å². The number of nitrogens with two attached hydrogens (primary N) is 1. The molecule has 1 amide bonds. The molecule has 2 unspecified atom stereocenters. The van der Waals surface area contributed by atoms with Crippen LogP contribution in [0.15, 0.2) is 24.3 Å². The predicted octanol–water partition coefficient (Wildman–Crippen LogP) is 2.00. The van der Waals surface area contributed by atoms with Crippen molar-refractivity contribution < 1.29 is 4.79 Å². The second-order valence-corrected chi connectivity index (χ2v) is 5.94. The average Bonchev–Trinajstić information content (AvgIpc) is 2.29. The fraction of sp³-hybridized carbons (Fsp3) is 0.467. The Morgan fingerprint density at radius 2 is 2.16 bits per heavy atom. The second kappa shape index (κ2) is 5.70. The molecule has 2 atom stereocenters. The molecule has 0 aromatic heterocycles. The summed E-state index contributed by atoms with van der Waals surface area (Å²) in [4.78, 5) is 12.4. The average molecular weight is 276 g/mol. The first-order chi connectivity index (χ1) is 9.00. The highest BCUT2D eigenvalue weighted by molar-refractivity contribution is 7.80. The van der Waals surface area contributed by atoms with Gasteiger partial charge >= 0.3 is 0 Å². The van der Waals surface area contributed by atoms with Crippen molar-refractivity contribution in [3.63, 3.8) is 0 Å². The lowest BCUT2D eigenvalue weighted by Gasteiger charge is -2.31. The van der Waals surface area contributed by atoms with E-state index in [-0.39, 0.29) is 22.7 Å². The predicted molar refractivity (Wildman–Crippen MR) is 81.0 cm³/mol. The van der Waals surface area contributed by atoms with Crippen LogP contribution in [-0.2, 0) is 11.2 Å². The number of fused-ring (bicyclic) bond motifs is 1. The first-order valence-corrected chi connectivity index (χ1v) is 7.06. The van der Waals surface area contributed by atoms with Crippen molar-refractivity contribution in [2.75, 3.05) is 6.54 Å². The minimum atomic E-state index is -0.370. The summed E-state index contributed by atoms with van der Waals surface area (Å²) in [6, 6.07) is 8.36. The molecule has 1 aromatic rings. The third-order valence-corrected chi connectivity index (χ3v) is 3.99. The fourth-order valence-corrected chi connectivity index (χ4v) is 3.02. The zero-order chi connectivity index (χ0) is 14.0. The van der Waals surface area contributed by atoms with Crippen LogP contribution < -0.4 is 11.1 Å². The Kier molecular flexibility index (Phi) is 4.20. The highest BCUT2D eigenvalue weighted by Crippen LogP contribution is 2.34. The molecule has 1 aromatic carbocycles. The number of rotatable bonds is 5. The van der Waals surface area contributed by atoms with E-state index in [9.17, 15) is 4.79 Å². The summed E-state index contributed by atoms with van der Waals surface area (Å²) in [7, 11) is 0. The molecule has 0 radical (unpaired) electrons. The van der Waals surface area contributed by atoms with E-state index in [1.54, 1.807) is 0 Å². The van der Waals surface area contributed by atoms with E-state index in [1.165, 1.54) is 11.1 Å². The molecule has 0 aliphatic heterocycles. The van der Waals surface area contributed by atoms with Crippen molar-refractivity contribution in [3.8, 4) is 0 Å². The van der Waals surface area contributed by atoms with Crippen molar-refractivity contribution in [1.82, 2.24) is 5.32 Å². The Labute approximate surface area is 119 Å². The Morgan fingerprint density at radius 1 is 1.47 bits per heavy atom. The van der Waals surface area contributed by atoms with Gasteiger partial charge in [-0.25, -0.2) is 0 Å². The van der Waals surface area contributed by atoms with Gasteiger partial charge in [-0.2, -0.15) is 0 Å². The van der Waals surface area contributed by atoms with Gasteiger partial charge in [-0.3, -0.25) is 4.79 Å². The lowest BCUT2D eigenvalue weighted by Crippen LogP contribution is -2.43. The highest BCUT2D eigenvalue weighted by atomic mass is 32.1. The lowest BCUT2D eigenvalue weighted by atomic mass is 9.77. The van der Waals surface area contributed by atoms with Crippen molar-refractivity contribution >= 4 is 23.1 Å². The van der Waals surface area contributed by atoms with E-state index in [0.29, 0.717) is 12.5 Å². The van der Waals surface area contributed by atoms with Gasteiger partial charge in [0.2, 0.25) is 5.91 Å². The molecule has 3 N–H and O–H groups in total. The quantitative estimate of drug-likeness (QED) is 0.809. The van der Waals surface area contributed by atoms with E-state index in [1.807, 2.05) is 19.9 Å². The van der Waals surface area contributed by atoms with Gasteiger partial charge in [-0.1, -0.05) is 50.3 Å². The SMILES string of the molecule is CC(C)C(C(=O)NCC1Cc2ccccc21)C(N)=S. The summed E-state index contributed by atoms with van der Waals surface area (Å²) >= 11 is 4.97. The molecule has 0 bridgehead atoms. The largest absolute Gasteiger partial charge is 0.393 e. The summed E-state index contributed by atoms with van der Waals surface area (Å²) < 4.78 is 0. The van der Waals surface area contributed by atoms with Gasteiger partial charge in [0.1, 0.15) is 0 Å². The van der Waals surface area contributed by atoms with E-state index >= 15 is 0 Å². The van der Waals surface area contributed by atoms with Crippen LogP contribution in [0.1, 0.15) is 30.9 Å². The van der Waals surface area contributed by atoms with Crippen LogP contribution in [0.4, 0.5) is 0 Å². The maximum absolute atomic E-state index is 12.1. The summed E-state index contributed by atoms with van der Waals surface area (Å²) in [6.45, 7) is 4.59. The van der Waals surface area contributed by atoms with Gasteiger partial charge in [0, 0.05) is 12.5 Å². The molecule has 0 saturated heterocycles. The van der Waals surface area contributed by atoms with E-state index in [4.69, 9.17) is 18.0 Å². The number of carbonyl (C=O) groups is 1. The Balaban J connectivity index is 1.90. The van der Waals surface area contributed by atoms with Crippen LogP contribution in [0.5, 0.6) is 0 Å². The minimum absolute atomic E-state index is 0.0492. The highest BCUT2D eigenvalue weighted by Gasteiger charge is 2.29. The first-order valence-electron chi connectivity index (χ1n) is 6.65. The van der Waals surface area contributed by atoms with Gasteiger partial charge in [0.25, 0.3) is 0 Å². The Hall–Kier alpha value is -1.42. The third-order valence-electron chi connectivity index (χ3n) is 3.74. The van der Waals surface area contributed by atoms with Crippen LogP contribution in [-0.4, -0.2) is 17.4 Å². The Bertz CT molecular complexity index is 499. The molecule has 1 aliphatic carbocycles. The molecule has 0 spiro atoms. The second-order valence-electron chi connectivity index (χ2n) is 5.47. The summed E-state index contributed by atoms with van der Waals surface area (Å²) in [5.41, 5.74) is 8.37. The molecule has 4 heteroatoms. The number of benzene rings is 1. The van der Waals surface area contributed by atoms with Crippen LogP contribution in [0, 0.1) is 11.8 Å². The maximum atomic E-state index is 12.1. The number of carbonyl (C=O) groups excluding carboxylic acids is 1. The fourth-order valence-electron chi connectivity index (χ4n) is 2.64. The smallest absolute Gasteiger partial charge is 0.230 e. The molecule has 19 heavy (non-hydrogen) atoms. The van der Waals surface area contributed by atoms with E-state index in [0.717, 1.165) is 6.42 Å². The minimum Gasteiger partial charge on any atom is -0.393 e. The van der Waals surface area contributed by atoms with Crippen LogP contribution in [0.2, 0.25) is 0 Å². The molecule has 102 valence electrons. The number of amides is 1. The van der Waals surface area contributed by atoms with Crippen molar-refractivity contribution in [3.05, 3.63) is 35.4 Å². The maximum Gasteiger partial charge on any atom is 0.230 e. The number of nitrogens with one attached hydrogen (secondary N) is 1. The molecule has 1 aliphatic rings. The molecule has 2 rings (SSSR count). The zero-order valence-corrected chi connectivity index (χ0v) is 12.2. The molecule has 0 heterocycles. The topological polar surface area (TPSA) is 55.1 Å². The lowest BCUT2D eigenvalue weighted by molar-refractivity contribution is -0.124. The number of thiocarbonyl (C=S) groups is 1. The van der Waals surface area contributed by atoms with Crippen molar-refractivity contribution in [2.24, 2.45) is 17.6 Å². The van der Waals surface area contributed by atoms with E-state index in [2.05, 4.69) is 23.5 Å². The molecule has 0 fully saturated rings. The summed E-state index contributed by atoms with van der Waals surface area (Å²) in [5.74, 6) is 0.141. The van der Waals surface area contributed by atoms with Gasteiger partial charge in [-0.15, -0.1) is 0 Å². The van der Waals surface area contributed by atoms with Gasteiger partial charge in [0.05, 0.1) is 10.9 Å². The van der Waals surface area contributed by atoms with Gasteiger partial charge in [-0.05, 0) is 23.5 Å². The zero-order valence-electron chi connectivity index (χ0n) is 11.3. The van der Waals surface area contributed by atoms with Crippen molar-refractivity contribution in [2.45, 2.75) is 26.2 Å². The van der Waals surface area contributed by atoms with Gasteiger partial charge in [0.15, 0.2) is 0 Å². The summed E-state index contributed by atoms with van der Waals surface area (Å²) in [5, 5.41) is 2.98.